The number of rotatable bonds is 5. The summed E-state index contributed by atoms with van der Waals surface area (Å²) in [6.45, 7) is 0. The molecule has 21 heavy (non-hydrogen) atoms. The lowest BCUT2D eigenvalue weighted by atomic mass is 9.97. The predicted octanol–water partition coefficient (Wildman–Crippen LogP) is 3.62. The predicted molar refractivity (Wildman–Crippen MR) is 74.8 cm³/mol. The third-order valence-corrected chi connectivity index (χ3v) is 3.40. The van der Waals surface area contributed by atoms with Crippen molar-refractivity contribution in [1.29, 1.82) is 0 Å². The highest BCUT2D eigenvalue weighted by molar-refractivity contribution is 5.32. The van der Waals surface area contributed by atoms with Gasteiger partial charge in [-0.15, -0.1) is 0 Å². The summed E-state index contributed by atoms with van der Waals surface area (Å²) in [6.07, 6.45) is 0.0122. The van der Waals surface area contributed by atoms with E-state index in [-0.39, 0.29) is 12.0 Å². The lowest BCUT2D eigenvalue weighted by Crippen LogP contribution is -2.21. The van der Waals surface area contributed by atoms with Crippen LogP contribution in [0, 0.1) is 17.5 Å². The van der Waals surface area contributed by atoms with E-state index >= 15 is 0 Å². The molecule has 0 aliphatic heterocycles. The van der Waals surface area contributed by atoms with Gasteiger partial charge in [-0.3, -0.25) is 0 Å². The molecular weight excluding hydrogens is 279 g/mol. The smallest absolute Gasteiger partial charge is 0.131 e. The van der Waals surface area contributed by atoms with Gasteiger partial charge in [0.05, 0.1) is 7.11 Å². The molecule has 2 rings (SSSR count). The molecule has 2 aromatic carbocycles. The quantitative estimate of drug-likeness (QED) is 0.909. The van der Waals surface area contributed by atoms with Crippen molar-refractivity contribution in [2.45, 2.75) is 12.5 Å². The molecule has 0 saturated heterocycles. The van der Waals surface area contributed by atoms with E-state index in [1.54, 1.807) is 19.2 Å². The van der Waals surface area contributed by atoms with E-state index in [2.05, 4.69) is 5.32 Å². The Kier molecular flexibility index (Phi) is 4.85. The SMILES string of the molecule is CNC(Cc1c(F)cccc1F)c1ccc(OC)cc1F. The van der Waals surface area contributed by atoms with Gasteiger partial charge in [0.2, 0.25) is 0 Å². The standard InChI is InChI=1S/C16H16F3NO/c1-20-16(9-12-13(17)4-3-5-14(12)18)11-7-6-10(21-2)8-15(11)19/h3-8,16,20H,9H2,1-2H3. The maximum Gasteiger partial charge on any atom is 0.131 e. The molecule has 0 heterocycles. The van der Waals surface area contributed by atoms with Crippen LogP contribution in [0.3, 0.4) is 0 Å². The minimum absolute atomic E-state index is 0.0122. The van der Waals surface area contributed by atoms with Crippen molar-refractivity contribution in [2.75, 3.05) is 14.2 Å². The molecular formula is C16H16F3NO. The van der Waals surface area contributed by atoms with Crippen LogP contribution in [0.15, 0.2) is 36.4 Å². The molecule has 0 fully saturated rings. The molecule has 112 valence electrons. The van der Waals surface area contributed by atoms with Gasteiger partial charge in [-0.25, -0.2) is 13.2 Å². The highest BCUT2D eigenvalue weighted by Gasteiger charge is 2.19. The maximum absolute atomic E-state index is 14.1. The Morgan fingerprint density at radius 2 is 1.71 bits per heavy atom. The van der Waals surface area contributed by atoms with E-state index in [0.717, 1.165) is 0 Å². The average molecular weight is 295 g/mol. The summed E-state index contributed by atoms with van der Waals surface area (Å²) in [5.41, 5.74) is 0.271. The minimum atomic E-state index is -0.635. The fraction of sp³-hybridized carbons (Fsp3) is 0.250. The maximum atomic E-state index is 14.1. The Labute approximate surface area is 121 Å². The summed E-state index contributed by atoms with van der Waals surface area (Å²) in [6, 6.07) is 7.55. The van der Waals surface area contributed by atoms with Crippen molar-refractivity contribution in [3.63, 3.8) is 0 Å². The number of halogens is 3. The second-order valence-electron chi connectivity index (χ2n) is 4.63. The highest BCUT2D eigenvalue weighted by Crippen LogP contribution is 2.26. The van der Waals surface area contributed by atoms with Gasteiger partial charge in [0.1, 0.15) is 23.2 Å². The first-order chi connectivity index (χ1) is 10.1. The second-order valence-corrected chi connectivity index (χ2v) is 4.63. The molecule has 0 radical (unpaired) electrons. The Balaban J connectivity index is 2.32. The fourth-order valence-corrected chi connectivity index (χ4v) is 2.22. The summed E-state index contributed by atoms with van der Waals surface area (Å²) in [5, 5.41) is 2.89. The van der Waals surface area contributed by atoms with Crippen LogP contribution < -0.4 is 10.1 Å². The van der Waals surface area contributed by atoms with E-state index < -0.39 is 23.5 Å². The molecule has 0 saturated carbocycles. The molecule has 0 aliphatic carbocycles. The number of hydrogen-bond acceptors (Lipinski definition) is 2. The van der Waals surface area contributed by atoms with Gasteiger partial charge in [-0.1, -0.05) is 12.1 Å². The summed E-state index contributed by atoms with van der Waals surface area (Å²) in [7, 11) is 3.06. The zero-order chi connectivity index (χ0) is 15.4. The summed E-state index contributed by atoms with van der Waals surface area (Å²) in [4.78, 5) is 0. The number of likely N-dealkylation sites (N-methyl/N-ethyl adjacent to an activating group) is 1. The van der Waals surface area contributed by atoms with Crippen molar-refractivity contribution in [3.05, 3.63) is 65.0 Å². The first kappa shape index (κ1) is 15.4. The molecule has 1 N–H and O–H groups in total. The van der Waals surface area contributed by atoms with Gasteiger partial charge in [0, 0.05) is 23.2 Å². The first-order valence-electron chi connectivity index (χ1n) is 6.50. The number of benzene rings is 2. The highest BCUT2D eigenvalue weighted by atomic mass is 19.1. The fourth-order valence-electron chi connectivity index (χ4n) is 2.22. The van der Waals surface area contributed by atoms with Gasteiger partial charge in [0.15, 0.2) is 0 Å². The number of hydrogen-bond donors (Lipinski definition) is 1. The van der Waals surface area contributed by atoms with Crippen LogP contribution in [-0.2, 0) is 6.42 Å². The largest absolute Gasteiger partial charge is 0.497 e. The van der Waals surface area contributed by atoms with Gasteiger partial charge in [0.25, 0.3) is 0 Å². The molecule has 0 bridgehead atoms. The van der Waals surface area contributed by atoms with Crippen molar-refractivity contribution < 1.29 is 17.9 Å². The second kappa shape index (κ2) is 6.63. The van der Waals surface area contributed by atoms with Gasteiger partial charge in [-0.2, -0.15) is 0 Å². The monoisotopic (exact) mass is 295 g/mol. The first-order valence-corrected chi connectivity index (χ1v) is 6.50. The third-order valence-electron chi connectivity index (χ3n) is 3.40. The Morgan fingerprint density at radius 3 is 2.24 bits per heavy atom. The summed E-state index contributed by atoms with van der Waals surface area (Å²) in [5.74, 6) is -1.36. The molecule has 0 spiro atoms. The molecule has 0 aromatic heterocycles. The van der Waals surface area contributed by atoms with Gasteiger partial charge >= 0.3 is 0 Å². The Bertz CT molecular complexity index is 611. The van der Waals surface area contributed by atoms with Crippen LogP contribution in [-0.4, -0.2) is 14.2 Å². The lowest BCUT2D eigenvalue weighted by Gasteiger charge is -2.18. The molecule has 0 aliphatic rings. The zero-order valence-corrected chi connectivity index (χ0v) is 11.8. The van der Waals surface area contributed by atoms with Crippen LogP contribution in [0.25, 0.3) is 0 Å². The van der Waals surface area contributed by atoms with Crippen molar-refractivity contribution in [1.82, 2.24) is 5.32 Å². The number of nitrogens with one attached hydrogen (secondary N) is 1. The van der Waals surface area contributed by atoms with Crippen LogP contribution in [0.2, 0.25) is 0 Å². The Hall–Kier alpha value is -2.01. The van der Waals surface area contributed by atoms with Crippen molar-refractivity contribution in [2.24, 2.45) is 0 Å². The summed E-state index contributed by atoms with van der Waals surface area (Å²) < 4.78 is 46.4. The van der Waals surface area contributed by atoms with Gasteiger partial charge in [-0.05, 0) is 31.7 Å². The molecule has 2 aromatic rings. The van der Waals surface area contributed by atoms with Crippen molar-refractivity contribution >= 4 is 0 Å². The van der Waals surface area contributed by atoms with E-state index in [9.17, 15) is 13.2 Å². The van der Waals surface area contributed by atoms with Gasteiger partial charge < -0.3 is 10.1 Å². The average Bonchev–Trinajstić information content (AvgIpc) is 2.47. The molecule has 1 unspecified atom stereocenters. The van der Waals surface area contributed by atoms with E-state index in [0.29, 0.717) is 11.3 Å². The topological polar surface area (TPSA) is 21.3 Å². The normalized spacial score (nSPS) is 12.2. The summed E-state index contributed by atoms with van der Waals surface area (Å²) >= 11 is 0. The van der Waals surface area contributed by atoms with Crippen LogP contribution in [0.1, 0.15) is 17.2 Å². The van der Waals surface area contributed by atoms with E-state index in [1.807, 2.05) is 0 Å². The lowest BCUT2D eigenvalue weighted by molar-refractivity contribution is 0.409. The molecule has 0 amide bonds. The molecule has 2 nitrogen and oxygen atoms in total. The van der Waals surface area contributed by atoms with E-state index in [1.165, 1.54) is 31.4 Å². The zero-order valence-electron chi connectivity index (χ0n) is 11.8. The minimum Gasteiger partial charge on any atom is -0.497 e. The third kappa shape index (κ3) is 3.36. The molecule has 5 heteroatoms. The van der Waals surface area contributed by atoms with Crippen LogP contribution >= 0.6 is 0 Å². The van der Waals surface area contributed by atoms with Crippen LogP contribution in [0.5, 0.6) is 5.75 Å². The number of ether oxygens (including phenoxy) is 1. The number of methoxy groups -OCH3 is 1. The van der Waals surface area contributed by atoms with Crippen molar-refractivity contribution in [3.8, 4) is 5.75 Å². The van der Waals surface area contributed by atoms with E-state index in [4.69, 9.17) is 4.74 Å². The van der Waals surface area contributed by atoms with Crippen LogP contribution in [0.4, 0.5) is 13.2 Å². The molecule has 1 atom stereocenters. The Morgan fingerprint density at radius 1 is 1.05 bits per heavy atom.